The Bertz CT molecular complexity index is 481. The van der Waals surface area contributed by atoms with Gasteiger partial charge in [0.15, 0.2) is 0 Å². The third kappa shape index (κ3) is 2.45. The van der Waals surface area contributed by atoms with Crippen LogP contribution in [0, 0.1) is 5.92 Å². The number of carbonyl (C=O) groups excluding carboxylic acids is 1. The summed E-state index contributed by atoms with van der Waals surface area (Å²) in [6, 6.07) is 6.02. The maximum Gasteiger partial charge on any atom is 0.231 e. The lowest BCUT2D eigenvalue weighted by Crippen LogP contribution is -2.41. The van der Waals surface area contributed by atoms with Gasteiger partial charge in [0.25, 0.3) is 0 Å². The molecule has 4 heteroatoms. The number of benzene rings is 1. The molecule has 1 N–H and O–H groups in total. The zero-order valence-corrected chi connectivity index (χ0v) is 11.3. The highest BCUT2D eigenvalue weighted by Crippen LogP contribution is 2.30. The van der Waals surface area contributed by atoms with Crippen LogP contribution in [0.3, 0.4) is 0 Å². The molecule has 1 amide bonds. The average molecular weight is 260 g/mol. The minimum atomic E-state index is 0.114. The van der Waals surface area contributed by atoms with Crippen LogP contribution < -0.4 is 15.0 Å². The molecule has 4 nitrogen and oxygen atoms in total. The van der Waals surface area contributed by atoms with Gasteiger partial charge < -0.3 is 15.0 Å². The first-order valence-corrected chi connectivity index (χ1v) is 7.00. The molecule has 1 aromatic carbocycles. The molecular weight excluding hydrogens is 240 g/mol. The summed E-state index contributed by atoms with van der Waals surface area (Å²) in [6.45, 7) is 2.59. The van der Waals surface area contributed by atoms with Crippen molar-refractivity contribution in [3.8, 4) is 5.75 Å². The SMILES string of the molecule is CN(C(=O)C1CCCNC1)c1ccc2c(c1)CCO2. The summed E-state index contributed by atoms with van der Waals surface area (Å²) < 4.78 is 5.50. The number of anilines is 1. The van der Waals surface area contributed by atoms with Crippen LogP contribution >= 0.6 is 0 Å². The molecule has 1 saturated heterocycles. The van der Waals surface area contributed by atoms with E-state index in [1.807, 2.05) is 19.2 Å². The lowest BCUT2D eigenvalue weighted by Gasteiger charge is -2.27. The minimum absolute atomic E-state index is 0.114. The number of nitrogens with zero attached hydrogens (tertiary/aromatic N) is 1. The van der Waals surface area contributed by atoms with Crippen LogP contribution in [0.1, 0.15) is 18.4 Å². The fraction of sp³-hybridized carbons (Fsp3) is 0.533. The number of hydrogen-bond acceptors (Lipinski definition) is 3. The van der Waals surface area contributed by atoms with Gasteiger partial charge in [0.2, 0.25) is 5.91 Å². The third-order valence-electron chi connectivity index (χ3n) is 4.04. The van der Waals surface area contributed by atoms with Crippen LogP contribution in [0.25, 0.3) is 0 Å². The van der Waals surface area contributed by atoms with Crippen molar-refractivity contribution in [1.29, 1.82) is 0 Å². The predicted molar refractivity (Wildman–Crippen MR) is 74.6 cm³/mol. The summed E-state index contributed by atoms with van der Waals surface area (Å²) in [7, 11) is 1.87. The topological polar surface area (TPSA) is 41.6 Å². The Balaban J connectivity index is 1.75. The normalized spacial score (nSPS) is 21.6. The molecule has 2 aliphatic rings. The van der Waals surface area contributed by atoms with Crippen LogP contribution in [0.2, 0.25) is 0 Å². The molecule has 2 aliphatic heterocycles. The Hall–Kier alpha value is -1.55. The van der Waals surface area contributed by atoms with E-state index in [0.717, 1.165) is 50.4 Å². The Labute approximate surface area is 113 Å². The van der Waals surface area contributed by atoms with Gasteiger partial charge in [-0.3, -0.25) is 4.79 Å². The zero-order valence-electron chi connectivity index (χ0n) is 11.3. The van der Waals surface area contributed by atoms with E-state index in [2.05, 4.69) is 11.4 Å². The van der Waals surface area contributed by atoms with E-state index in [9.17, 15) is 4.79 Å². The molecule has 1 fully saturated rings. The number of ether oxygens (including phenoxy) is 1. The molecule has 0 saturated carbocycles. The first-order chi connectivity index (χ1) is 9.25. The molecular formula is C15H20N2O2. The Morgan fingerprint density at radius 3 is 3.16 bits per heavy atom. The number of rotatable bonds is 2. The highest BCUT2D eigenvalue weighted by molar-refractivity contribution is 5.94. The Morgan fingerprint density at radius 1 is 1.47 bits per heavy atom. The zero-order chi connectivity index (χ0) is 13.2. The van der Waals surface area contributed by atoms with Crippen molar-refractivity contribution in [2.75, 3.05) is 31.6 Å². The quantitative estimate of drug-likeness (QED) is 0.878. The molecule has 2 heterocycles. The van der Waals surface area contributed by atoms with E-state index in [1.165, 1.54) is 5.56 Å². The van der Waals surface area contributed by atoms with Crippen molar-refractivity contribution in [3.63, 3.8) is 0 Å². The number of piperidine rings is 1. The van der Waals surface area contributed by atoms with Gasteiger partial charge in [0, 0.05) is 25.7 Å². The molecule has 102 valence electrons. The predicted octanol–water partition coefficient (Wildman–Crippen LogP) is 1.58. The van der Waals surface area contributed by atoms with E-state index in [4.69, 9.17) is 4.74 Å². The van der Waals surface area contributed by atoms with E-state index < -0.39 is 0 Å². The van der Waals surface area contributed by atoms with Crippen molar-refractivity contribution in [2.24, 2.45) is 5.92 Å². The molecule has 0 aromatic heterocycles. The summed E-state index contributed by atoms with van der Waals surface area (Å²) in [4.78, 5) is 14.2. The first kappa shape index (κ1) is 12.5. The lowest BCUT2D eigenvalue weighted by molar-refractivity contribution is -0.122. The lowest BCUT2D eigenvalue weighted by atomic mass is 9.98. The summed E-state index contributed by atoms with van der Waals surface area (Å²) in [6.07, 6.45) is 3.02. The fourth-order valence-corrected chi connectivity index (χ4v) is 2.85. The number of fused-ring (bicyclic) bond motifs is 1. The molecule has 3 rings (SSSR count). The van der Waals surface area contributed by atoms with Crippen molar-refractivity contribution in [1.82, 2.24) is 5.32 Å². The van der Waals surface area contributed by atoms with Crippen LogP contribution in [0.4, 0.5) is 5.69 Å². The number of carbonyl (C=O) groups is 1. The molecule has 0 radical (unpaired) electrons. The third-order valence-corrected chi connectivity index (χ3v) is 4.04. The smallest absolute Gasteiger partial charge is 0.231 e. The number of nitrogens with one attached hydrogen (secondary N) is 1. The maximum absolute atomic E-state index is 12.5. The second-order valence-corrected chi connectivity index (χ2v) is 5.33. The molecule has 1 atom stereocenters. The second-order valence-electron chi connectivity index (χ2n) is 5.33. The van der Waals surface area contributed by atoms with Crippen LogP contribution in [0.5, 0.6) is 5.75 Å². The van der Waals surface area contributed by atoms with Gasteiger partial charge in [-0.05, 0) is 43.1 Å². The molecule has 0 bridgehead atoms. The number of amides is 1. The summed E-state index contributed by atoms with van der Waals surface area (Å²) >= 11 is 0. The number of hydrogen-bond donors (Lipinski definition) is 1. The van der Waals surface area contributed by atoms with Gasteiger partial charge in [-0.1, -0.05) is 0 Å². The molecule has 0 aliphatic carbocycles. The molecule has 1 aromatic rings. The van der Waals surface area contributed by atoms with Crippen molar-refractivity contribution in [2.45, 2.75) is 19.3 Å². The van der Waals surface area contributed by atoms with E-state index >= 15 is 0 Å². The second kappa shape index (κ2) is 5.21. The highest BCUT2D eigenvalue weighted by atomic mass is 16.5. The summed E-state index contributed by atoms with van der Waals surface area (Å²) in [5.41, 5.74) is 2.18. The van der Waals surface area contributed by atoms with E-state index in [-0.39, 0.29) is 11.8 Å². The van der Waals surface area contributed by atoms with E-state index in [1.54, 1.807) is 4.90 Å². The van der Waals surface area contributed by atoms with Gasteiger partial charge in [-0.2, -0.15) is 0 Å². The van der Waals surface area contributed by atoms with Gasteiger partial charge in [0.1, 0.15) is 5.75 Å². The van der Waals surface area contributed by atoms with Crippen molar-refractivity contribution < 1.29 is 9.53 Å². The van der Waals surface area contributed by atoms with Gasteiger partial charge in [-0.25, -0.2) is 0 Å². The monoisotopic (exact) mass is 260 g/mol. The molecule has 0 spiro atoms. The van der Waals surface area contributed by atoms with Crippen molar-refractivity contribution in [3.05, 3.63) is 23.8 Å². The maximum atomic E-state index is 12.5. The minimum Gasteiger partial charge on any atom is -0.493 e. The summed E-state index contributed by atoms with van der Waals surface area (Å²) in [5.74, 6) is 1.29. The van der Waals surface area contributed by atoms with Crippen LogP contribution in [-0.4, -0.2) is 32.7 Å². The average Bonchev–Trinajstić information content (AvgIpc) is 2.94. The van der Waals surface area contributed by atoms with Crippen LogP contribution in [-0.2, 0) is 11.2 Å². The Kier molecular flexibility index (Phi) is 3.42. The van der Waals surface area contributed by atoms with E-state index in [0.29, 0.717) is 0 Å². The fourth-order valence-electron chi connectivity index (χ4n) is 2.85. The molecule has 19 heavy (non-hydrogen) atoms. The van der Waals surface area contributed by atoms with Crippen molar-refractivity contribution >= 4 is 11.6 Å². The van der Waals surface area contributed by atoms with Gasteiger partial charge >= 0.3 is 0 Å². The first-order valence-electron chi connectivity index (χ1n) is 7.00. The van der Waals surface area contributed by atoms with Gasteiger partial charge in [-0.15, -0.1) is 0 Å². The standard InChI is InChI=1S/C15H20N2O2/c1-17(15(18)12-3-2-7-16-10-12)13-4-5-14-11(9-13)6-8-19-14/h4-5,9,12,16H,2-3,6-8,10H2,1H3. The summed E-state index contributed by atoms with van der Waals surface area (Å²) in [5, 5.41) is 3.30. The highest BCUT2D eigenvalue weighted by Gasteiger charge is 2.25. The largest absolute Gasteiger partial charge is 0.493 e. The Morgan fingerprint density at radius 2 is 2.37 bits per heavy atom. The molecule has 1 unspecified atom stereocenters. The van der Waals surface area contributed by atoms with Gasteiger partial charge in [0.05, 0.1) is 12.5 Å². The van der Waals surface area contributed by atoms with Crippen LogP contribution in [0.15, 0.2) is 18.2 Å².